The molecule has 0 unspecified atom stereocenters. The second kappa shape index (κ2) is 9.69. The highest BCUT2D eigenvalue weighted by Gasteiger charge is 2.23. The van der Waals surface area contributed by atoms with Gasteiger partial charge in [-0.25, -0.2) is 14.4 Å². The Balaban J connectivity index is 1.57. The molecule has 4 rings (SSSR count). The first-order chi connectivity index (χ1) is 15.5. The largest absolute Gasteiger partial charge is 0.491 e. The van der Waals surface area contributed by atoms with E-state index in [2.05, 4.69) is 10.3 Å². The number of aryl methyl sites for hydroxylation is 1. The number of rotatable bonds is 8. The maximum Gasteiger partial charge on any atom is 0.243 e. The maximum atomic E-state index is 13.4. The number of carbonyl (C=O) groups excluding carboxylic acids is 1. The van der Waals surface area contributed by atoms with Crippen molar-refractivity contribution in [3.63, 3.8) is 0 Å². The molecule has 32 heavy (non-hydrogen) atoms. The summed E-state index contributed by atoms with van der Waals surface area (Å²) in [6.07, 6.45) is 4.25. The fraction of sp³-hybridized carbons (Fsp3) is 0.304. The average Bonchev–Trinajstić information content (AvgIpc) is 3.26. The van der Waals surface area contributed by atoms with Gasteiger partial charge in [-0.15, -0.1) is 0 Å². The summed E-state index contributed by atoms with van der Waals surface area (Å²) in [5, 5.41) is 11.7. The molecule has 1 aromatic carbocycles. The Morgan fingerprint density at radius 3 is 2.94 bits per heavy atom. The summed E-state index contributed by atoms with van der Waals surface area (Å²) in [7, 11) is 1.80. The lowest BCUT2D eigenvalue weighted by atomic mass is 10.2. The standard InChI is InChI=1S/C23H24FN5O3/c1-29(14-21(31)26-16-5-2-4-15(24)12-16)23-18-6-3-7-19(18)27-22(28-23)20-13-17(8-9-25-20)32-11-10-30/h2,4-5,8-9,12-13,30H,3,6-7,10-11,14H2,1H3,(H,26,31). The zero-order valence-corrected chi connectivity index (χ0v) is 17.7. The molecule has 1 aliphatic carbocycles. The number of fused-ring (bicyclic) bond motifs is 1. The summed E-state index contributed by atoms with van der Waals surface area (Å²) in [6, 6.07) is 9.22. The Hall–Kier alpha value is -3.59. The maximum absolute atomic E-state index is 13.4. The summed E-state index contributed by atoms with van der Waals surface area (Å²) < 4.78 is 18.9. The molecule has 8 nitrogen and oxygen atoms in total. The van der Waals surface area contributed by atoms with Crippen LogP contribution in [-0.4, -0.2) is 52.8 Å². The number of carbonyl (C=O) groups is 1. The van der Waals surface area contributed by atoms with Gasteiger partial charge >= 0.3 is 0 Å². The quantitative estimate of drug-likeness (QED) is 0.559. The van der Waals surface area contributed by atoms with Crippen LogP contribution in [0.1, 0.15) is 17.7 Å². The van der Waals surface area contributed by atoms with Gasteiger partial charge in [0.2, 0.25) is 5.91 Å². The van der Waals surface area contributed by atoms with Gasteiger partial charge < -0.3 is 20.1 Å². The van der Waals surface area contributed by atoms with E-state index in [1.807, 2.05) is 0 Å². The van der Waals surface area contributed by atoms with Gasteiger partial charge in [-0.1, -0.05) is 6.07 Å². The number of halogens is 1. The van der Waals surface area contributed by atoms with Crippen LogP contribution in [0.4, 0.5) is 15.9 Å². The highest BCUT2D eigenvalue weighted by molar-refractivity contribution is 5.94. The summed E-state index contributed by atoms with van der Waals surface area (Å²) in [4.78, 5) is 28.1. The summed E-state index contributed by atoms with van der Waals surface area (Å²) in [6.45, 7) is 0.148. The fourth-order valence-electron chi connectivity index (χ4n) is 3.69. The van der Waals surface area contributed by atoms with Crippen molar-refractivity contribution in [2.24, 2.45) is 0 Å². The molecule has 166 valence electrons. The molecule has 0 saturated carbocycles. The number of nitrogens with zero attached hydrogens (tertiary/aromatic N) is 4. The van der Waals surface area contributed by atoms with Crippen molar-refractivity contribution < 1.29 is 19.0 Å². The van der Waals surface area contributed by atoms with E-state index in [1.165, 1.54) is 12.1 Å². The fourth-order valence-corrected chi connectivity index (χ4v) is 3.69. The number of ether oxygens (including phenoxy) is 1. The number of benzene rings is 1. The highest BCUT2D eigenvalue weighted by atomic mass is 19.1. The summed E-state index contributed by atoms with van der Waals surface area (Å²) in [5.74, 6) is 1.01. The number of aliphatic hydroxyl groups is 1. The van der Waals surface area contributed by atoms with Crippen molar-refractivity contribution in [3.05, 3.63) is 59.7 Å². The van der Waals surface area contributed by atoms with Gasteiger partial charge in [0, 0.05) is 36.3 Å². The number of likely N-dealkylation sites (N-methyl/N-ethyl adjacent to an activating group) is 1. The van der Waals surface area contributed by atoms with E-state index in [-0.39, 0.29) is 25.7 Å². The lowest BCUT2D eigenvalue weighted by Crippen LogP contribution is -2.31. The lowest BCUT2D eigenvalue weighted by molar-refractivity contribution is -0.114. The smallest absolute Gasteiger partial charge is 0.243 e. The minimum absolute atomic E-state index is 0.0481. The third-order valence-corrected chi connectivity index (χ3v) is 5.08. The van der Waals surface area contributed by atoms with Gasteiger partial charge in [-0.3, -0.25) is 9.78 Å². The molecular weight excluding hydrogens is 413 g/mol. The number of nitrogens with one attached hydrogen (secondary N) is 1. The van der Waals surface area contributed by atoms with Crippen molar-refractivity contribution in [1.29, 1.82) is 0 Å². The molecule has 0 radical (unpaired) electrons. The lowest BCUT2D eigenvalue weighted by Gasteiger charge is -2.21. The van der Waals surface area contributed by atoms with Crippen LogP contribution in [0.2, 0.25) is 0 Å². The van der Waals surface area contributed by atoms with E-state index in [4.69, 9.17) is 19.8 Å². The molecule has 9 heteroatoms. The number of aromatic nitrogens is 3. The number of pyridine rings is 1. The molecule has 1 aliphatic rings. The molecule has 0 spiro atoms. The summed E-state index contributed by atoms with van der Waals surface area (Å²) >= 11 is 0. The summed E-state index contributed by atoms with van der Waals surface area (Å²) in [5.41, 5.74) is 2.93. The number of hydrogen-bond acceptors (Lipinski definition) is 7. The Morgan fingerprint density at radius 1 is 1.25 bits per heavy atom. The van der Waals surface area contributed by atoms with E-state index in [0.29, 0.717) is 28.8 Å². The second-order valence-electron chi connectivity index (χ2n) is 7.51. The van der Waals surface area contributed by atoms with Gasteiger partial charge in [0.05, 0.1) is 13.2 Å². The Kier molecular flexibility index (Phi) is 6.55. The first-order valence-electron chi connectivity index (χ1n) is 10.4. The third-order valence-electron chi connectivity index (χ3n) is 5.08. The van der Waals surface area contributed by atoms with Crippen molar-refractivity contribution >= 4 is 17.4 Å². The Morgan fingerprint density at radius 2 is 2.12 bits per heavy atom. The molecule has 0 atom stereocenters. The van der Waals surface area contributed by atoms with E-state index in [1.54, 1.807) is 42.4 Å². The molecule has 0 aliphatic heterocycles. The SMILES string of the molecule is CN(CC(=O)Nc1cccc(F)c1)c1nc(-c2cc(OCCO)ccn2)nc2c1CCC2. The molecule has 2 N–H and O–H groups in total. The first kappa shape index (κ1) is 21.6. The second-order valence-corrected chi connectivity index (χ2v) is 7.51. The molecule has 2 aromatic heterocycles. The molecule has 0 fully saturated rings. The minimum Gasteiger partial charge on any atom is -0.491 e. The van der Waals surface area contributed by atoms with Crippen LogP contribution in [0.15, 0.2) is 42.6 Å². The van der Waals surface area contributed by atoms with Crippen LogP contribution < -0.4 is 15.0 Å². The molecule has 1 amide bonds. The number of anilines is 2. The van der Waals surface area contributed by atoms with Crippen molar-refractivity contribution in [2.75, 3.05) is 37.0 Å². The molecule has 0 saturated heterocycles. The van der Waals surface area contributed by atoms with E-state index in [0.717, 1.165) is 30.5 Å². The van der Waals surface area contributed by atoms with Crippen LogP contribution in [0.25, 0.3) is 11.5 Å². The van der Waals surface area contributed by atoms with Crippen LogP contribution >= 0.6 is 0 Å². The number of hydrogen-bond donors (Lipinski definition) is 2. The Labute approximate surface area is 185 Å². The molecular formula is C23H24FN5O3. The van der Waals surface area contributed by atoms with Crippen LogP contribution in [0.3, 0.4) is 0 Å². The van der Waals surface area contributed by atoms with Crippen molar-refractivity contribution in [1.82, 2.24) is 15.0 Å². The minimum atomic E-state index is -0.410. The van der Waals surface area contributed by atoms with E-state index >= 15 is 0 Å². The van der Waals surface area contributed by atoms with Crippen LogP contribution in [0.5, 0.6) is 5.75 Å². The van der Waals surface area contributed by atoms with E-state index < -0.39 is 5.82 Å². The third kappa shape index (κ3) is 5.00. The van der Waals surface area contributed by atoms with Gasteiger partial charge in [-0.05, 0) is 43.5 Å². The zero-order chi connectivity index (χ0) is 22.5. The van der Waals surface area contributed by atoms with Crippen molar-refractivity contribution in [3.8, 4) is 17.3 Å². The van der Waals surface area contributed by atoms with Crippen LogP contribution in [0, 0.1) is 5.82 Å². The van der Waals surface area contributed by atoms with Gasteiger partial charge in [-0.2, -0.15) is 0 Å². The first-order valence-corrected chi connectivity index (χ1v) is 10.4. The topological polar surface area (TPSA) is 100 Å². The predicted octanol–water partition coefficient (Wildman–Crippen LogP) is 2.61. The highest BCUT2D eigenvalue weighted by Crippen LogP contribution is 2.31. The number of aliphatic hydroxyl groups excluding tert-OH is 1. The van der Waals surface area contributed by atoms with Gasteiger partial charge in [0.15, 0.2) is 5.82 Å². The molecule has 2 heterocycles. The van der Waals surface area contributed by atoms with Crippen molar-refractivity contribution in [2.45, 2.75) is 19.3 Å². The van der Waals surface area contributed by atoms with Gasteiger partial charge in [0.1, 0.15) is 29.7 Å². The van der Waals surface area contributed by atoms with Gasteiger partial charge in [0.25, 0.3) is 0 Å². The molecule has 3 aromatic rings. The zero-order valence-electron chi connectivity index (χ0n) is 17.7. The van der Waals surface area contributed by atoms with E-state index in [9.17, 15) is 9.18 Å². The monoisotopic (exact) mass is 437 g/mol. The average molecular weight is 437 g/mol. The normalized spacial score (nSPS) is 12.3. The predicted molar refractivity (Wildman–Crippen MR) is 118 cm³/mol. The van der Waals surface area contributed by atoms with Crippen LogP contribution in [-0.2, 0) is 17.6 Å². The number of amides is 1. The Bertz CT molecular complexity index is 1120. The molecule has 0 bridgehead atoms.